The minimum Gasteiger partial charge on any atom is -0.309 e. The zero-order valence-electron chi connectivity index (χ0n) is 18.2. The van der Waals surface area contributed by atoms with E-state index in [1.807, 2.05) is 29.2 Å². The fourth-order valence-electron chi connectivity index (χ4n) is 3.77. The highest BCUT2D eigenvalue weighted by Gasteiger charge is 2.21. The van der Waals surface area contributed by atoms with E-state index in [4.69, 9.17) is 4.98 Å². The molecule has 0 saturated heterocycles. The van der Waals surface area contributed by atoms with Gasteiger partial charge in [0.1, 0.15) is 0 Å². The number of benzene rings is 3. The van der Waals surface area contributed by atoms with Gasteiger partial charge in [0.05, 0.1) is 16.6 Å². The number of para-hydroxylation sites is 1. The van der Waals surface area contributed by atoms with Crippen LogP contribution in [0, 0.1) is 6.92 Å². The van der Waals surface area contributed by atoms with Crippen LogP contribution in [0.2, 0.25) is 0 Å². The summed E-state index contributed by atoms with van der Waals surface area (Å²) in [5, 5.41) is 3.10. The zero-order valence-corrected chi connectivity index (χ0v) is 19.8. The quantitative estimate of drug-likeness (QED) is 0.359. The Hall–Kier alpha value is -2.47. The van der Waals surface area contributed by atoms with Crippen molar-refractivity contribution in [2.75, 3.05) is 32.1 Å². The molecule has 0 unspecified atom stereocenters. The van der Waals surface area contributed by atoms with Crippen molar-refractivity contribution in [3.05, 3.63) is 71.8 Å². The van der Waals surface area contributed by atoms with Crippen LogP contribution in [-0.4, -0.2) is 43.0 Å². The Morgan fingerprint density at radius 1 is 0.968 bits per heavy atom. The Morgan fingerprint density at radius 3 is 2.48 bits per heavy atom. The topological polar surface area (TPSA) is 36.4 Å². The lowest BCUT2D eigenvalue weighted by Gasteiger charge is -2.21. The van der Waals surface area contributed by atoms with Crippen LogP contribution in [0.3, 0.4) is 0 Å². The number of aryl methyl sites for hydroxylation is 1. The molecule has 0 fully saturated rings. The second-order valence-electron chi connectivity index (χ2n) is 7.94. The summed E-state index contributed by atoms with van der Waals surface area (Å²) in [4.78, 5) is 22.4. The van der Waals surface area contributed by atoms with Gasteiger partial charge in [0, 0.05) is 6.54 Å². The van der Waals surface area contributed by atoms with Gasteiger partial charge in [-0.05, 0) is 62.0 Å². The maximum Gasteiger partial charge on any atom is 0.233 e. The van der Waals surface area contributed by atoms with Crippen LogP contribution in [-0.2, 0) is 11.2 Å². The standard InChI is InChI=1S/C25H27N3OS.ClH/c1-18-9-6-14-22-24(18)26-25(30-22)28(16-8-15-27(2)3)23(29)17-20-12-7-11-19-10-4-5-13-21(19)20;/h4-7,9-14H,8,15-17H2,1-3H3;1H. The van der Waals surface area contributed by atoms with Crippen LogP contribution in [0.25, 0.3) is 21.0 Å². The molecule has 0 spiro atoms. The number of halogens is 1. The van der Waals surface area contributed by atoms with E-state index in [2.05, 4.69) is 62.3 Å². The molecule has 1 amide bonds. The first-order chi connectivity index (χ1) is 14.5. The predicted molar refractivity (Wildman–Crippen MR) is 135 cm³/mol. The molecule has 0 radical (unpaired) electrons. The molecule has 0 N–H and O–H groups in total. The second kappa shape index (κ2) is 10.2. The average molecular weight is 454 g/mol. The largest absolute Gasteiger partial charge is 0.309 e. The summed E-state index contributed by atoms with van der Waals surface area (Å²) in [7, 11) is 4.12. The number of nitrogens with zero attached hydrogens (tertiary/aromatic N) is 3. The van der Waals surface area contributed by atoms with Gasteiger partial charge in [-0.15, -0.1) is 12.4 Å². The van der Waals surface area contributed by atoms with Crippen molar-refractivity contribution in [2.45, 2.75) is 19.8 Å². The first kappa shape index (κ1) is 23.2. The van der Waals surface area contributed by atoms with Gasteiger partial charge >= 0.3 is 0 Å². The third kappa shape index (κ3) is 5.24. The van der Waals surface area contributed by atoms with Crippen molar-refractivity contribution in [3.8, 4) is 0 Å². The van der Waals surface area contributed by atoms with Crippen LogP contribution >= 0.6 is 23.7 Å². The monoisotopic (exact) mass is 453 g/mol. The minimum absolute atomic E-state index is 0. The third-order valence-corrected chi connectivity index (χ3v) is 6.39. The van der Waals surface area contributed by atoms with Crippen molar-refractivity contribution in [1.29, 1.82) is 0 Å². The number of rotatable bonds is 7. The van der Waals surface area contributed by atoms with Gasteiger partial charge < -0.3 is 4.90 Å². The van der Waals surface area contributed by atoms with Crippen molar-refractivity contribution >= 4 is 55.8 Å². The van der Waals surface area contributed by atoms with Crippen LogP contribution in [0.1, 0.15) is 17.5 Å². The molecular weight excluding hydrogens is 426 g/mol. The number of carbonyl (C=O) groups excluding carboxylic acids is 1. The number of carbonyl (C=O) groups is 1. The van der Waals surface area contributed by atoms with Crippen molar-refractivity contribution in [1.82, 2.24) is 9.88 Å². The van der Waals surface area contributed by atoms with Crippen molar-refractivity contribution < 1.29 is 4.79 Å². The maximum atomic E-state index is 13.5. The summed E-state index contributed by atoms with van der Waals surface area (Å²) in [6, 6.07) is 20.6. The Morgan fingerprint density at radius 2 is 1.71 bits per heavy atom. The van der Waals surface area contributed by atoms with Crippen LogP contribution in [0.4, 0.5) is 5.13 Å². The van der Waals surface area contributed by atoms with E-state index in [1.165, 1.54) is 0 Å². The van der Waals surface area contributed by atoms with E-state index in [-0.39, 0.29) is 18.3 Å². The van der Waals surface area contributed by atoms with Gasteiger partial charge in [-0.1, -0.05) is 65.9 Å². The molecule has 1 aromatic heterocycles. The molecule has 4 nitrogen and oxygen atoms in total. The van der Waals surface area contributed by atoms with E-state index in [0.717, 1.165) is 50.2 Å². The summed E-state index contributed by atoms with van der Waals surface area (Å²) >= 11 is 1.60. The highest BCUT2D eigenvalue weighted by Crippen LogP contribution is 2.31. The zero-order chi connectivity index (χ0) is 21.1. The summed E-state index contributed by atoms with van der Waals surface area (Å²) in [5.41, 5.74) is 3.20. The number of hydrogen-bond donors (Lipinski definition) is 0. The van der Waals surface area contributed by atoms with E-state index in [0.29, 0.717) is 13.0 Å². The molecule has 162 valence electrons. The molecule has 0 aliphatic rings. The van der Waals surface area contributed by atoms with E-state index in [1.54, 1.807) is 11.3 Å². The molecule has 1 heterocycles. The Bertz CT molecular complexity index is 1180. The number of anilines is 1. The molecule has 3 aromatic carbocycles. The van der Waals surface area contributed by atoms with Crippen molar-refractivity contribution in [3.63, 3.8) is 0 Å². The number of thiazole rings is 1. The normalized spacial score (nSPS) is 11.1. The highest BCUT2D eigenvalue weighted by molar-refractivity contribution is 7.22. The minimum atomic E-state index is 0. The third-order valence-electron chi connectivity index (χ3n) is 5.35. The van der Waals surface area contributed by atoms with Gasteiger partial charge in [-0.25, -0.2) is 4.98 Å². The first-order valence-corrected chi connectivity index (χ1v) is 11.1. The first-order valence-electron chi connectivity index (χ1n) is 10.3. The number of fused-ring (bicyclic) bond motifs is 2. The fraction of sp³-hybridized carbons (Fsp3) is 0.280. The summed E-state index contributed by atoms with van der Waals surface area (Å²) in [6.45, 7) is 3.67. The highest BCUT2D eigenvalue weighted by atomic mass is 35.5. The molecule has 0 bridgehead atoms. The van der Waals surface area contributed by atoms with E-state index < -0.39 is 0 Å². The Labute approximate surface area is 193 Å². The Balaban J connectivity index is 0.00000272. The molecule has 0 saturated carbocycles. The van der Waals surface area contributed by atoms with Gasteiger partial charge in [0.25, 0.3) is 0 Å². The summed E-state index contributed by atoms with van der Waals surface area (Å²) < 4.78 is 1.13. The molecule has 6 heteroatoms. The smallest absolute Gasteiger partial charge is 0.233 e. The SMILES string of the molecule is Cc1cccc2sc(N(CCCN(C)C)C(=O)Cc3cccc4ccccc34)nc12.Cl. The Kier molecular flexibility index (Phi) is 7.65. The molecular formula is C25H28ClN3OS. The lowest BCUT2D eigenvalue weighted by Crippen LogP contribution is -2.34. The second-order valence-corrected chi connectivity index (χ2v) is 8.94. The average Bonchev–Trinajstić information content (AvgIpc) is 3.16. The van der Waals surface area contributed by atoms with E-state index in [9.17, 15) is 4.79 Å². The van der Waals surface area contributed by atoms with Gasteiger partial charge in [-0.2, -0.15) is 0 Å². The predicted octanol–water partition coefficient (Wildman–Crippen LogP) is 5.71. The fourth-order valence-corrected chi connectivity index (χ4v) is 4.85. The van der Waals surface area contributed by atoms with Crippen molar-refractivity contribution in [2.24, 2.45) is 0 Å². The lowest BCUT2D eigenvalue weighted by atomic mass is 10.0. The van der Waals surface area contributed by atoms with Gasteiger partial charge in [-0.3, -0.25) is 9.69 Å². The van der Waals surface area contributed by atoms with Crippen LogP contribution in [0.15, 0.2) is 60.7 Å². The molecule has 4 aromatic rings. The van der Waals surface area contributed by atoms with Gasteiger partial charge in [0.2, 0.25) is 5.91 Å². The molecule has 4 rings (SSSR count). The van der Waals surface area contributed by atoms with Crippen LogP contribution in [0.5, 0.6) is 0 Å². The number of aromatic nitrogens is 1. The summed E-state index contributed by atoms with van der Waals surface area (Å²) in [6.07, 6.45) is 1.28. The lowest BCUT2D eigenvalue weighted by molar-refractivity contribution is -0.118. The molecule has 0 aliphatic carbocycles. The molecule has 31 heavy (non-hydrogen) atoms. The number of hydrogen-bond acceptors (Lipinski definition) is 4. The van der Waals surface area contributed by atoms with Crippen LogP contribution < -0.4 is 4.90 Å². The molecule has 0 atom stereocenters. The summed E-state index contributed by atoms with van der Waals surface area (Å²) in [5.74, 6) is 0.0989. The maximum absolute atomic E-state index is 13.5. The van der Waals surface area contributed by atoms with Gasteiger partial charge in [0.15, 0.2) is 5.13 Å². The van der Waals surface area contributed by atoms with E-state index >= 15 is 0 Å². The number of amides is 1. The molecule has 0 aliphatic heterocycles.